The van der Waals surface area contributed by atoms with Gasteiger partial charge < -0.3 is 10.1 Å². The molecule has 0 aromatic heterocycles. The molecule has 172 valence electrons. The summed E-state index contributed by atoms with van der Waals surface area (Å²) in [6.45, 7) is 2.45. The highest BCUT2D eigenvalue weighted by atomic mass is 32.2. The van der Waals surface area contributed by atoms with Crippen molar-refractivity contribution in [3.63, 3.8) is 0 Å². The molecule has 3 rings (SSSR count). The van der Waals surface area contributed by atoms with E-state index in [1.807, 2.05) is 4.72 Å². The minimum absolute atomic E-state index is 0.0733. The third kappa shape index (κ3) is 5.56. The Balaban J connectivity index is 1.64. The largest absolute Gasteiger partial charge is 0.450 e. The third-order valence-electron chi connectivity index (χ3n) is 4.69. The van der Waals surface area contributed by atoms with E-state index in [0.29, 0.717) is 24.2 Å². The van der Waals surface area contributed by atoms with E-state index < -0.39 is 32.0 Å². The molecule has 0 aliphatic carbocycles. The fourth-order valence-electron chi connectivity index (χ4n) is 3.09. The predicted molar refractivity (Wildman–Crippen MR) is 117 cm³/mol. The average molecular weight is 482 g/mol. The number of rotatable bonds is 7. The monoisotopic (exact) mass is 481 g/mol. The molecule has 10 nitrogen and oxygen atoms in total. The normalized spacial score (nSPS) is 15.2. The Hall–Kier alpha value is -3.12. The smallest absolute Gasteiger partial charge is 0.407 e. The van der Waals surface area contributed by atoms with Gasteiger partial charge in [-0.15, -0.1) is 0 Å². The highest BCUT2D eigenvalue weighted by Crippen LogP contribution is 2.24. The van der Waals surface area contributed by atoms with Gasteiger partial charge in [0.2, 0.25) is 10.0 Å². The summed E-state index contributed by atoms with van der Waals surface area (Å²) < 4.78 is 57.1. The number of anilines is 1. The summed E-state index contributed by atoms with van der Waals surface area (Å²) in [5.74, 6) is -0.764. The van der Waals surface area contributed by atoms with Crippen LogP contribution in [0.15, 0.2) is 53.4 Å². The van der Waals surface area contributed by atoms with Crippen LogP contribution < -0.4 is 14.3 Å². The molecule has 2 aromatic carbocycles. The third-order valence-corrected chi connectivity index (χ3v) is 7.91. The molecule has 0 saturated carbocycles. The highest BCUT2D eigenvalue weighted by Gasteiger charge is 2.28. The van der Waals surface area contributed by atoms with E-state index >= 15 is 0 Å². The number of hydrogen-bond acceptors (Lipinski definition) is 7. The van der Waals surface area contributed by atoms with Crippen molar-refractivity contribution in [3.05, 3.63) is 59.7 Å². The van der Waals surface area contributed by atoms with Crippen LogP contribution in [0.4, 0.5) is 10.5 Å². The summed E-state index contributed by atoms with van der Waals surface area (Å²) in [6.07, 6.45) is -0.0506. The zero-order valence-electron chi connectivity index (χ0n) is 17.3. The zero-order chi connectivity index (χ0) is 23.4. The van der Waals surface area contributed by atoms with Crippen molar-refractivity contribution in [1.29, 1.82) is 0 Å². The first-order chi connectivity index (χ1) is 15.1. The van der Waals surface area contributed by atoms with Gasteiger partial charge in [-0.1, -0.05) is 12.1 Å². The maximum absolute atomic E-state index is 12.5. The van der Waals surface area contributed by atoms with Crippen LogP contribution in [0.3, 0.4) is 0 Å². The quantitative estimate of drug-likeness (QED) is 0.612. The minimum Gasteiger partial charge on any atom is -0.450 e. The van der Waals surface area contributed by atoms with Crippen molar-refractivity contribution in [2.75, 3.05) is 23.2 Å². The molecule has 1 saturated heterocycles. The van der Waals surface area contributed by atoms with E-state index in [1.165, 1.54) is 52.8 Å². The van der Waals surface area contributed by atoms with Gasteiger partial charge >= 0.3 is 6.09 Å². The van der Waals surface area contributed by atoms with Crippen LogP contribution in [0.1, 0.15) is 29.3 Å². The van der Waals surface area contributed by atoms with Crippen molar-refractivity contribution >= 4 is 37.7 Å². The number of alkyl carbamates (subject to hydrolysis) is 1. The number of nitrogens with one attached hydrogen (secondary N) is 2. The maximum atomic E-state index is 12.5. The maximum Gasteiger partial charge on any atom is 0.407 e. The molecule has 2 N–H and O–H groups in total. The van der Waals surface area contributed by atoms with E-state index in [4.69, 9.17) is 4.74 Å². The summed E-state index contributed by atoms with van der Waals surface area (Å²) >= 11 is 0. The van der Waals surface area contributed by atoms with Gasteiger partial charge in [0.1, 0.15) is 0 Å². The van der Waals surface area contributed by atoms with Crippen molar-refractivity contribution < 1.29 is 31.2 Å². The van der Waals surface area contributed by atoms with E-state index in [1.54, 1.807) is 6.92 Å². The number of nitrogens with zero attached hydrogens (tertiary/aromatic N) is 1. The summed E-state index contributed by atoms with van der Waals surface area (Å²) in [6, 6.07) is 11.3. The van der Waals surface area contributed by atoms with Gasteiger partial charge in [0.25, 0.3) is 15.9 Å². The van der Waals surface area contributed by atoms with Gasteiger partial charge in [0, 0.05) is 18.7 Å². The van der Waals surface area contributed by atoms with Gasteiger partial charge in [-0.2, -0.15) is 0 Å². The van der Waals surface area contributed by atoms with Crippen LogP contribution in [0.25, 0.3) is 0 Å². The summed E-state index contributed by atoms with van der Waals surface area (Å²) in [7, 11) is -7.47. The number of amides is 2. The first-order valence-corrected chi connectivity index (χ1v) is 12.9. The molecule has 12 heteroatoms. The Labute approximate surface area is 186 Å². The molecular formula is C20H23N3O7S2. The van der Waals surface area contributed by atoms with Crippen LogP contribution in [0.2, 0.25) is 0 Å². The van der Waals surface area contributed by atoms with Crippen molar-refractivity contribution in [2.24, 2.45) is 0 Å². The molecule has 0 bridgehead atoms. The Morgan fingerprint density at radius 1 is 1.06 bits per heavy atom. The summed E-state index contributed by atoms with van der Waals surface area (Å²) in [5, 5.41) is 2.52. The molecule has 0 unspecified atom stereocenters. The lowest BCUT2D eigenvalue weighted by Gasteiger charge is -2.17. The van der Waals surface area contributed by atoms with Crippen LogP contribution in [0.5, 0.6) is 0 Å². The fraction of sp³-hybridized carbons (Fsp3) is 0.300. The van der Waals surface area contributed by atoms with Crippen LogP contribution in [0, 0.1) is 0 Å². The Morgan fingerprint density at radius 2 is 1.72 bits per heavy atom. The van der Waals surface area contributed by atoms with E-state index in [9.17, 15) is 26.4 Å². The highest BCUT2D eigenvalue weighted by molar-refractivity contribution is 7.93. The van der Waals surface area contributed by atoms with E-state index in [2.05, 4.69) is 5.32 Å². The van der Waals surface area contributed by atoms with Crippen LogP contribution in [-0.4, -0.2) is 47.7 Å². The lowest BCUT2D eigenvalue weighted by atomic mass is 10.2. The molecule has 1 fully saturated rings. The zero-order valence-corrected chi connectivity index (χ0v) is 18.9. The lowest BCUT2D eigenvalue weighted by Crippen LogP contribution is -2.30. The molecule has 0 atom stereocenters. The van der Waals surface area contributed by atoms with Crippen LogP contribution in [-0.2, 0) is 31.3 Å². The van der Waals surface area contributed by atoms with Crippen molar-refractivity contribution in [2.45, 2.75) is 24.8 Å². The Morgan fingerprint density at radius 3 is 2.28 bits per heavy atom. The molecule has 1 aliphatic rings. The van der Waals surface area contributed by atoms with E-state index in [0.717, 1.165) is 0 Å². The molecule has 1 heterocycles. The molecular weight excluding hydrogens is 458 g/mol. The number of sulfonamides is 2. The van der Waals surface area contributed by atoms with Gasteiger partial charge in [-0.3, -0.25) is 9.10 Å². The molecule has 32 heavy (non-hydrogen) atoms. The number of carbonyl (C=O) groups excluding carboxylic acids is 2. The van der Waals surface area contributed by atoms with E-state index in [-0.39, 0.29) is 29.4 Å². The molecule has 2 amide bonds. The first-order valence-electron chi connectivity index (χ1n) is 9.79. The minimum atomic E-state index is -4.13. The fourth-order valence-corrected chi connectivity index (χ4v) is 5.63. The SMILES string of the molecule is CCOC(=O)NCc1ccc(S(=O)(=O)NC(=O)c2ccc(N3CCCS3(=O)=O)cc2)cc1. The summed E-state index contributed by atoms with van der Waals surface area (Å²) in [5.41, 5.74) is 1.15. The lowest BCUT2D eigenvalue weighted by molar-refractivity contribution is 0.0981. The van der Waals surface area contributed by atoms with Gasteiger partial charge in [0.05, 0.1) is 22.9 Å². The van der Waals surface area contributed by atoms with Gasteiger partial charge in [-0.05, 0) is 55.3 Å². The molecule has 2 aromatic rings. The Kier molecular flexibility index (Phi) is 7.04. The predicted octanol–water partition coefficient (Wildman–Crippen LogP) is 1.59. The second-order valence-electron chi connectivity index (χ2n) is 6.94. The topological polar surface area (TPSA) is 139 Å². The molecule has 1 aliphatic heterocycles. The molecule has 0 spiro atoms. The number of ether oxygens (including phenoxy) is 1. The van der Waals surface area contributed by atoms with Crippen LogP contribution >= 0.6 is 0 Å². The standard InChI is InChI=1S/C20H23N3O7S2/c1-2-30-20(25)21-14-15-4-10-18(11-5-15)32(28,29)22-19(24)16-6-8-17(9-7-16)23-12-3-13-31(23,26)27/h4-11H,2-3,12-14H2,1H3,(H,21,25)(H,22,24). The second kappa shape index (κ2) is 9.57. The number of hydrogen-bond donors (Lipinski definition) is 2. The van der Waals surface area contributed by atoms with Crippen molar-refractivity contribution in [3.8, 4) is 0 Å². The van der Waals surface area contributed by atoms with Gasteiger partial charge in [0.15, 0.2) is 0 Å². The van der Waals surface area contributed by atoms with Crippen molar-refractivity contribution in [1.82, 2.24) is 10.0 Å². The molecule has 0 radical (unpaired) electrons. The summed E-state index contributed by atoms with van der Waals surface area (Å²) in [4.78, 5) is 23.6. The Bertz CT molecular complexity index is 1190. The average Bonchev–Trinajstić information content (AvgIpc) is 3.11. The first kappa shape index (κ1) is 23.5. The number of benzene rings is 2. The van der Waals surface area contributed by atoms with Gasteiger partial charge in [-0.25, -0.2) is 26.4 Å². The second-order valence-corrected chi connectivity index (χ2v) is 10.6. The number of carbonyl (C=O) groups is 2.